The van der Waals surface area contributed by atoms with Crippen LogP contribution in [0.25, 0.3) is 0 Å². The van der Waals surface area contributed by atoms with Gasteiger partial charge in [-0.25, -0.2) is 0 Å². The Kier molecular flexibility index (Phi) is 5.05. The molecule has 0 aromatic heterocycles. The molecule has 0 aliphatic rings. The standard InChI is InChI=1S/C10H13F3O/c1-4-8(2)6-5-7-9(3)14-10(11,12)13/h4-5,7H,3,6H2,1-2H3/b7-5-,8-4-. The molecule has 0 rings (SSSR count). The van der Waals surface area contributed by atoms with Crippen molar-refractivity contribution in [2.45, 2.75) is 26.6 Å². The molecular weight excluding hydrogens is 193 g/mol. The summed E-state index contributed by atoms with van der Waals surface area (Å²) in [6, 6.07) is 0. The van der Waals surface area contributed by atoms with Crippen molar-refractivity contribution in [3.63, 3.8) is 0 Å². The maximum absolute atomic E-state index is 11.6. The van der Waals surface area contributed by atoms with Crippen LogP contribution < -0.4 is 0 Å². The fraction of sp³-hybridized carbons (Fsp3) is 0.400. The molecule has 0 aromatic rings. The van der Waals surface area contributed by atoms with Gasteiger partial charge in [-0.2, -0.15) is 0 Å². The molecule has 0 N–H and O–H groups in total. The molecule has 0 spiro atoms. The highest BCUT2D eigenvalue weighted by Gasteiger charge is 2.30. The molecule has 0 saturated heterocycles. The van der Waals surface area contributed by atoms with Gasteiger partial charge in [-0.3, -0.25) is 0 Å². The number of allylic oxidation sites excluding steroid dienone is 4. The first-order valence-corrected chi connectivity index (χ1v) is 4.08. The molecular formula is C10H13F3O. The van der Waals surface area contributed by atoms with Gasteiger partial charge in [0.25, 0.3) is 0 Å². The van der Waals surface area contributed by atoms with Crippen molar-refractivity contribution >= 4 is 0 Å². The average Bonchev–Trinajstić information content (AvgIpc) is 2.00. The third-order valence-corrected chi connectivity index (χ3v) is 1.48. The number of rotatable bonds is 4. The summed E-state index contributed by atoms with van der Waals surface area (Å²) in [7, 11) is 0. The minimum atomic E-state index is -4.66. The lowest BCUT2D eigenvalue weighted by molar-refractivity contribution is -0.303. The smallest absolute Gasteiger partial charge is 0.406 e. The zero-order valence-electron chi connectivity index (χ0n) is 8.19. The van der Waals surface area contributed by atoms with E-state index >= 15 is 0 Å². The van der Waals surface area contributed by atoms with Gasteiger partial charge < -0.3 is 4.74 Å². The number of alkyl halides is 3. The van der Waals surface area contributed by atoms with Gasteiger partial charge in [0.05, 0.1) is 0 Å². The largest absolute Gasteiger partial charge is 0.573 e. The maximum atomic E-state index is 11.6. The third kappa shape index (κ3) is 7.46. The van der Waals surface area contributed by atoms with Gasteiger partial charge >= 0.3 is 6.36 Å². The van der Waals surface area contributed by atoms with Crippen LogP contribution in [0.3, 0.4) is 0 Å². The van der Waals surface area contributed by atoms with Gasteiger partial charge in [0.2, 0.25) is 0 Å². The highest BCUT2D eigenvalue weighted by atomic mass is 19.4. The van der Waals surface area contributed by atoms with Crippen LogP contribution in [-0.2, 0) is 4.74 Å². The Hall–Kier alpha value is -1.19. The molecule has 80 valence electrons. The Morgan fingerprint density at radius 1 is 1.43 bits per heavy atom. The van der Waals surface area contributed by atoms with Gasteiger partial charge in [0, 0.05) is 0 Å². The second-order valence-electron chi connectivity index (χ2n) is 2.76. The van der Waals surface area contributed by atoms with Crippen LogP contribution in [0, 0.1) is 0 Å². The summed E-state index contributed by atoms with van der Waals surface area (Å²) in [6.45, 7) is 6.87. The summed E-state index contributed by atoms with van der Waals surface area (Å²) in [5, 5.41) is 0. The maximum Gasteiger partial charge on any atom is 0.573 e. The molecule has 0 fully saturated rings. The monoisotopic (exact) mass is 206 g/mol. The molecule has 0 heterocycles. The zero-order chi connectivity index (χ0) is 11.2. The summed E-state index contributed by atoms with van der Waals surface area (Å²) in [4.78, 5) is 0. The van der Waals surface area contributed by atoms with E-state index in [1.165, 1.54) is 6.08 Å². The highest BCUT2D eigenvalue weighted by molar-refractivity contribution is 5.11. The Balaban J connectivity index is 3.96. The summed E-state index contributed by atoms with van der Waals surface area (Å²) < 4.78 is 38.4. The number of hydrogen-bond donors (Lipinski definition) is 0. The number of hydrogen-bond acceptors (Lipinski definition) is 1. The van der Waals surface area contributed by atoms with E-state index in [0.717, 1.165) is 5.57 Å². The van der Waals surface area contributed by atoms with E-state index < -0.39 is 12.1 Å². The molecule has 0 bridgehead atoms. The van der Waals surface area contributed by atoms with E-state index in [4.69, 9.17) is 0 Å². The summed E-state index contributed by atoms with van der Waals surface area (Å²) in [5.74, 6) is -0.401. The van der Waals surface area contributed by atoms with Crippen molar-refractivity contribution in [1.29, 1.82) is 0 Å². The van der Waals surface area contributed by atoms with Crippen LogP contribution >= 0.6 is 0 Å². The van der Waals surface area contributed by atoms with Crippen LogP contribution in [0.4, 0.5) is 13.2 Å². The Morgan fingerprint density at radius 2 is 2.00 bits per heavy atom. The Morgan fingerprint density at radius 3 is 2.43 bits per heavy atom. The Bertz CT molecular complexity index is 249. The molecule has 0 radical (unpaired) electrons. The van der Waals surface area contributed by atoms with Crippen LogP contribution in [-0.4, -0.2) is 6.36 Å². The quantitative estimate of drug-likeness (QED) is 0.384. The van der Waals surface area contributed by atoms with E-state index in [0.29, 0.717) is 6.42 Å². The fourth-order valence-corrected chi connectivity index (χ4v) is 0.677. The molecule has 0 aliphatic carbocycles. The van der Waals surface area contributed by atoms with E-state index in [1.54, 1.807) is 6.08 Å². The second kappa shape index (κ2) is 5.52. The molecule has 0 aromatic carbocycles. The summed E-state index contributed by atoms with van der Waals surface area (Å²) in [5.41, 5.74) is 1.07. The van der Waals surface area contributed by atoms with E-state index in [-0.39, 0.29) is 0 Å². The van der Waals surface area contributed by atoms with Gasteiger partial charge in [-0.15, -0.1) is 13.2 Å². The van der Waals surface area contributed by atoms with Crippen LogP contribution in [0.2, 0.25) is 0 Å². The van der Waals surface area contributed by atoms with Crippen LogP contribution in [0.5, 0.6) is 0 Å². The number of halogens is 3. The first-order chi connectivity index (χ1) is 6.35. The van der Waals surface area contributed by atoms with Gasteiger partial charge in [-0.05, 0) is 26.3 Å². The molecule has 4 heteroatoms. The topological polar surface area (TPSA) is 9.23 Å². The molecule has 0 aliphatic heterocycles. The SMILES string of the molecule is C=C(/C=C\C/C(C)=C\C)OC(F)(F)F. The molecule has 14 heavy (non-hydrogen) atoms. The van der Waals surface area contributed by atoms with Crippen molar-refractivity contribution in [2.75, 3.05) is 0 Å². The van der Waals surface area contributed by atoms with Crippen molar-refractivity contribution in [2.24, 2.45) is 0 Å². The lowest BCUT2D eigenvalue weighted by Gasteiger charge is -2.07. The predicted molar refractivity (Wildman–Crippen MR) is 49.5 cm³/mol. The number of ether oxygens (including phenoxy) is 1. The van der Waals surface area contributed by atoms with Crippen molar-refractivity contribution in [1.82, 2.24) is 0 Å². The van der Waals surface area contributed by atoms with Crippen molar-refractivity contribution in [3.8, 4) is 0 Å². The normalized spacial score (nSPS) is 13.4. The highest BCUT2D eigenvalue weighted by Crippen LogP contribution is 2.20. The molecule has 0 amide bonds. The lowest BCUT2D eigenvalue weighted by atomic mass is 10.2. The van der Waals surface area contributed by atoms with Gasteiger partial charge in [0.15, 0.2) is 0 Å². The van der Waals surface area contributed by atoms with Crippen LogP contribution in [0.15, 0.2) is 36.1 Å². The van der Waals surface area contributed by atoms with E-state index in [9.17, 15) is 13.2 Å². The van der Waals surface area contributed by atoms with Gasteiger partial charge in [0.1, 0.15) is 5.76 Å². The average molecular weight is 206 g/mol. The third-order valence-electron chi connectivity index (χ3n) is 1.48. The predicted octanol–water partition coefficient (Wildman–Crippen LogP) is 3.95. The van der Waals surface area contributed by atoms with E-state index in [2.05, 4.69) is 11.3 Å². The minimum Gasteiger partial charge on any atom is -0.406 e. The molecule has 0 unspecified atom stereocenters. The zero-order valence-corrected chi connectivity index (χ0v) is 8.19. The second-order valence-corrected chi connectivity index (χ2v) is 2.76. The first-order valence-electron chi connectivity index (χ1n) is 4.08. The summed E-state index contributed by atoms with van der Waals surface area (Å²) >= 11 is 0. The van der Waals surface area contributed by atoms with Crippen LogP contribution in [0.1, 0.15) is 20.3 Å². The molecule has 0 saturated carbocycles. The molecule has 1 nitrogen and oxygen atoms in total. The van der Waals surface area contributed by atoms with E-state index in [1.807, 2.05) is 19.9 Å². The Labute approximate surface area is 81.6 Å². The van der Waals surface area contributed by atoms with Gasteiger partial charge in [-0.1, -0.05) is 24.3 Å². The van der Waals surface area contributed by atoms with Crippen molar-refractivity contribution in [3.05, 3.63) is 36.1 Å². The lowest BCUT2D eigenvalue weighted by Crippen LogP contribution is -2.11. The minimum absolute atomic E-state index is 0.401. The van der Waals surface area contributed by atoms with Crippen molar-refractivity contribution < 1.29 is 17.9 Å². The molecule has 0 atom stereocenters. The fourth-order valence-electron chi connectivity index (χ4n) is 0.677. The first kappa shape index (κ1) is 12.8. The summed E-state index contributed by atoms with van der Waals surface area (Å²) in [6.07, 6.45) is 0.607.